The predicted molar refractivity (Wildman–Crippen MR) is 75.4 cm³/mol. The van der Waals surface area contributed by atoms with E-state index in [1.54, 1.807) is 38.7 Å². The summed E-state index contributed by atoms with van der Waals surface area (Å²) in [6, 6.07) is 7.21. The molecule has 5 heteroatoms. The molecule has 0 unspecified atom stereocenters. The van der Waals surface area contributed by atoms with E-state index in [1.807, 2.05) is 26.0 Å². The summed E-state index contributed by atoms with van der Waals surface area (Å²) in [6.07, 6.45) is 3.23. The van der Waals surface area contributed by atoms with Crippen molar-refractivity contribution in [2.45, 2.75) is 19.3 Å². The number of rotatable bonds is 4. The third-order valence-corrected chi connectivity index (χ3v) is 3.35. The van der Waals surface area contributed by atoms with Gasteiger partial charge in [0.15, 0.2) is 11.5 Å². The highest BCUT2D eigenvalue weighted by Gasteiger charge is 2.32. The van der Waals surface area contributed by atoms with Crippen molar-refractivity contribution in [3.8, 4) is 11.5 Å². The average molecular weight is 274 g/mol. The monoisotopic (exact) mass is 274 g/mol. The molecule has 0 saturated heterocycles. The smallest absolute Gasteiger partial charge is 0.256 e. The predicted octanol–water partition coefficient (Wildman–Crippen LogP) is 2.52. The van der Waals surface area contributed by atoms with Crippen LogP contribution in [0.25, 0.3) is 0 Å². The molecule has 0 fully saturated rings. The van der Waals surface area contributed by atoms with E-state index < -0.39 is 5.41 Å². The van der Waals surface area contributed by atoms with E-state index in [9.17, 15) is 4.79 Å². The molecule has 0 aliphatic heterocycles. The molecule has 0 aliphatic carbocycles. The highest BCUT2D eigenvalue weighted by molar-refractivity contribution is 5.88. The van der Waals surface area contributed by atoms with E-state index >= 15 is 0 Å². The van der Waals surface area contributed by atoms with Crippen molar-refractivity contribution in [3.63, 3.8) is 0 Å². The van der Waals surface area contributed by atoms with Crippen molar-refractivity contribution >= 4 is 5.91 Å². The zero-order valence-corrected chi connectivity index (χ0v) is 12.1. The van der Waals surface area contributed by atoms with Gasteiger partial charge in [0.2, 0.25) is 0 Å². The van der Waals surface area contributed by atoms with Gasteiger partial charge >= 0.3 is 0 Å². The van der Waals surface area contributed by atoms with Crippen LogP contribution in [0.5, 0.6) is 11.5 Å². The van der Waals surface area contributed by atoms with Gasteiger partial charge < -0.3 is 9.47 Å². The molecule has 20 heavy (non-hydrogen) atoms. The number of nitrogens with zero attached hydrogens (tertiary/aromatic N) is 2. The van der Waals surface area contributed by atoms with E-state index in [0.29, 0.717) is 11.5 Å². The lowest BCUT2D eigenvalue weighted by Gasteiger charge is -2.24. The van der Waals surface area contributed by atoms with Gasteiger partial charge in [0.1, 0.15) is 0 Å². The average Bonchev–Trinajstić information content (AvgIpc) is 2.99. The minimum atomic E-state index is -0.717. The molecule has 106 valence electrons. The van der Waals surface area contributed by atoms with Crippen LogP contribution in [0.2, 0.25) is 0 Å². The number of ether oxygens (including phenoxy) is 2. The zero-order chi connectivity index (χ0) is 14.8. The molecule has 0 atom stereocenters. The van der Waals surface area contributed by atoms with E-state index in [4.69, 9.17) is 9.47 Å². The van der Waals surface area contributed by atoms with Crippen LogP contribution < -0.4 is 9.47 Å². The lowest BCUT2D eigenvalue weighted by molar-refractivity contribution is 0.0804. The van der Waals surface area contributed by atoms with Crippen LogP contribution in [0, 0.1) is 0 Å². The number of methoxy groups -OCH3 is 2. The van der Waals surface area contributed by atoms with Crippen LogP contribution in [-0.4, -0.2) is 29.9 Å². The summed E-state index contributed by atoms with van der Waals surface area (Å²) in [7, 11) is 3.15. The largest absolute Gasteiger partial charge is 0.493 e. The Morgan fingerprint density at radius 2 is 1.90 bits per heavy atom. The fourth-order valence-electron chi connectivity index (χ4n) is 2.02. The molecule has 0 N–H and O–H groups in total. The lowest BCUT2D eigenvalue weighted by Crippen LogP contribution is -2.34. The molecule has 0 saturated carbocycles. The Hall–Kier alpha value is -2.30. The Morgan fingerprint density at radius 3 is 2.45 bits per heavy atom. The standard InChI is InChI=1S/C15H18N2O3/c1-15(2,14(18)17-9-5-8-16-17)11-6-7-12(19-3)13(10-11)20-4/h5-10H,1-4H3. The Bertz CT molecular complexity index is 604. The number of carbonyl (C=O) groups is 1. The van der Waals surface area contributed by atoms with E-state index in [0.717, 1.165) is 5.56 Å². The third kappa shape index (κ3) is 2.39. The van der Waals surface area contributed by atoms with Crippen LogP contribution >= 0.6 is 0 Å². The molecule has 0 spiro atoms. The molecule has 2 aromatic rings. The maximum absolute atomic E-state index is 12.5. The second kappa shape index (κ2) is 5.36. The van der Waals surface area contributed by atoms with Crippen molar-refractivity contribution in [2.75, 3.05) is 14.2 Å². The molecular formula is C15H18N2O3. The molecule has 0 radical (unpaired) electrons. The number of hydrogen-bond donors (Lipinski definition) is 0. The van der Waals surface area contributed by atoms with Gasteiger partial charge in [0.05, 0.1) is 19.6 Å². The highest BCUT2D eigenvalue weighted by Crippen LogP contribution is 2.33. The van der Waals surface area contributed by atoms with E-state index in [1.165, 1.54) is 4.68 Å². The molecule has 1 aromatic carbocycles. The fourth-order valence-corrected chi connectivity index (χ4v) is 2.02. The molecule has 5 nitrogen and oxygen atoms in total. The van der Waals surface area contributed by atoms with Crippen molar-refractivity contribution in [1.29, 1.82) is 0 Å². The first kappa shape index (κ1) is 14.1. The van der Waals surface area contributed by atoms with Gasteiger partial charge in [0, 0.05) is 12.4 Å². The molecule has 0 amide bonds. The summed E-state index contributed by atoms with van der Waals surface area (Å²) in [5.74, 6) is 1.14. The summed E-state index contributed by atoms with van der Waals surface area (Å²) in [4.78, 5) is 12.5. The molecule has 0 aliphatic rings. The summed E-state index contributed by atoms with van der Waals surface area (Å²) in [5.41, 5.74) is 0.126. The first-order valence-corrected chi connectivity index (χ1v) is 6.27. The number of aromatic nitrogens is 2. The quantitative estimate of drug-likeness (QED) is 0.859. The van der Waals surface area contributed by atoms with Crippen LogP contribution in [0.15, 0.2) is 36.7 Å². The summed E-state index contributed by atoms with van der Waals surface area (Å²) < 4.78 is 11.8. The summed E-state index contributed by atoms with van der Waals surface area (Å²) in [6.45, 7) is 3.72. The molecule has 0 bridgehead atoms. The Morgan fingerprint density at radius 1 is 1.20 bits per heavy atom. The fraction of sp³-hybridized carbons (Fsp3) is 0.333. The molecule has 1 aromatic heterocycles. The van der Waals surface area contributed by atoms with Gasteiger partial charge in [-0.3, -0.25) is 4.79 Å². The van der Waals surface area contributed by atoms with Gasteiger partial charge in [-0.1, -0.05) is 6.07 Å². The van der Waals surface area contributed by atoms with Crippen LogP contribution in [0.1, 0.15) is 24.2 Å². The van der Waals surface area contributed by atoms with Crippen LogP contribution in [0.4, 0.5) is 0 Å². The van der Waals surface area contributed by atoms with Crippen molar-refractivity contribution in [2.24, 2.45) is 0 Å². The van der Waals surface area contributed by atoms with Crippen LogP contribution in [0.3, 0.4) is 0 Å². The van der Waals surface area contributed by atoms with Gasteiger partial charge in [-0.05, 0) is 37.6 Å². The second-order valence-electron chi connectivity index (χ2n) is 4.95. The number of carbonyl (C=O) groups excluding carboxylic acids is 1. The van der Waals surface area contributed by atoms with Crippen molar-refractivity contribution < 1.29 is 14.3 Å². The maximum atomic E-state index is 12.5. The number of hydrogen-bond acceptors (Lipinski definition) is 4. The zero-order valence-electron chi connectivity index (χ0n) is 12.1. The van der Waals surface area contributed by atoms with E-state index in [-0.39, 0.29) is 5.91 Å². The maximum Gasteiger partial charge on any atom is 0.256 e. The lowest BCUT2D eigenvalue weighted by atomic mass is 9.83. The molecule has 1 heterocycles. The van der Waals surface area contributed by atoms with Gasteiger partial charge in [-0.25, -0.2) is 4.68 Å². The SMILES string of the molecule is COc1ccc(C(C)(C)C(=O)n2cccn2)cc1OC. The third-order valence-electron chi connectivity index (χ3n) is 3.35. The summed E-state index contributed by atoms with van der Waals surface area (Å²) in [5, 5.41) is 4.00. The Balaban J connectivity index is 2.41. The van der Waals surface area contributed by atoms with E-state index in [2.05, 4.69) is 5.10 Å². The second-order valence-corrected chi connectivity index (χ2v) is 4.95. The van der Waals surface area contributed by atoms with Crippen LogP contribution in [-0.2, 0) is 5.41 Å². The topological polar surface area (TPSA) is 53.4 Å². The Kier molecular flexibility index (Phi) is 3.79. The van der Waals surface area contributed by atoms with Gasteiger partial charge in [-0.15, -0.1) is 0 Å². The first-order valence-electron chi connectivity index (χ1n) is 6.27. The van der Waals surface area contributed by atoms with Crippen molar-refractivity contribution in [1.82, 2.24) is 9.78 Å². The summed E-state index contributed by atoms with van der Waals surface area (Å²) >= 11 is 0. The highest BCUT2D eigenvalue weighted by atomic mass is 16.5. The van der Waals surface area contributed by atoms with Gasteiger partial charge in [0.25, 0.3) is 5.91 Å². The first-order chi connectivity index (χ1) is 9.50. The van der Waals surface area contributed by atoms with Crippen molar-refractivity contribution in [3.05, 3.63) is 42.2 Å². The van der Waals surface area contributed by atoms with Gasteiger partial charge in [-0.2, -0.15) is 5.10 Å². The molecule has 2 rings (SSSR count). The normalized spacial score (nSPS) is 11.2. The Labute approximate surface area is 118 Å². The minimum absolute atomic E-state index is 0.102. The minimum Gasteiger partial charge on any atom is -0.493 e. The molecular weight excluding hydrogens is 256 g/mol. The number of benzene rings is 1.